The molecule has 1 amide bonds. The number of carbonyl (C=O) groups is 1. The summed E-state index contributed by atoms with van der Waals surface area (Å²) in [4.78, 5) is 17.2. The van der Waals surface area contributed by atoms with E-state index < -0.39 is 0 Å². The molecule has 1 aliphatic carbocycles. The van der Waals surface area contributed by atoms with Crippen molar-refractivity contribution < 1.29 is 9.32 Å². The number of hydrogen-bond donors (Lipinski definition) is 2. The maximum absolute atomic E-state index is 12.7. The van der Waals surface area contributed by atoms with E-state index in [-0.39, 0.29) is 17.9 Å². The highest BCUT2D eigenvalue weighted by atomic mass is 79.9. The normalized spacial score (nSPS) is 15.1. The smallest absolute Gasteiger partial charge is 0.269 e. The van der Waals surface area contributed by atoms with Gasteiger partial charge >= 0.3 is 0 Å². The van der Waals surface area contributed by atoms with Gasteiger partial charge < -0.3 is 9.84 Å². The first-order valence-corrected chi connectivity index (χ1v) is 9.76. The van der Waals surface area contributed by atoms with Gasteiger partial charge in [0.1, 0.15) is 11.7 Å². The Morgan fingerprint density at radius 1 is 1.30 bits per heavy atom. The molecule has 1 atom stereocenters. The van der Waals surface area contributed by atoms with Crippen LogP contribution in [0.4, 0.5) is 0 Å². The Hall–Kier alpha value is -2.48. The summed E-state index contributed by atoms with van der Waals surface area (Å²) in [5, 5.41) is 14.1. The fourth-order valence-corrected chi connectivity index (χ4v) is 3.08. The first-order chi connectivity index (χ1) is 13.0. The average molecular weight is 430 g/mol. The molecule has 1 aromatic carbocycles. The molecule has 140 valence electrons. The van der Waals surface area contributed by atoms with Gasteiger partial charge in [0.05, 0.1) is 5.69 Å². The number of nitrogens with one attached hydrogen (secondary N) is 2. The van der Waals surface area contributed by atoms with E-state index >= 15 is 0 Å². The van der Waals surface area contributed by atoms with Crippen molar-refractivity contribution in [3.63, 3.8) is 0 Å². The number of nitrogens with zero attached hydrogens (tertiary/aromatic N) is 3. The summed E-state index contributed by atoms with van der Waals surface area (Å²) in [5.74, 6) is 1.45. The second-order valence-corrected chi connectivity index (χ2v) is 8.05. The monoisotopic (exact) mass is 429 g/mol. The van der Waals surface area contributed by atoms with E-state index in [4.69, 9.17) is 4.52 Å². The van der Waals surface area contributed by atoms with Gasteiger partial charge in [-0.1, -0.05) is 47.1 Å². The van der Waals surface area contributed by atoms with Gasteiger partial charge in [0, 0.05) is 16.0 Å². The zero-order chi connectivity index (χ0) is 19.0. The summed E-state index contributed by atoms with van der Waals surface area (Å²) < 4.78 is 6.40. The number of benzene rings is 1. The van der Waals surface area contributed by atoms with Crippen molar-refractivity contribution in [3.05, 3.63) is 52.2 Å². The first kappa shape index (κ1) is 17.9. The Bertz CT molecular complexity index is 943. The minimum absolute atomic E-state index is 0.107. The Balaban J connectivity index is 1.50. The molecule has 1 unspecified atom stereocenters. The number of rotatable bonds is 6. The number of aromatic nitrogens is 4. The van der Waals surface area contributed by atoms with Crippen molar-refractivity contribution in [1.82, 2.24) is 25.7 Å². The third-order valence-corrected chi connectivity index (χ3v) is 5.11. The lowest BCUT2D eigenvalue weighted by Gasteiger charge is -2.17. The first-order valence-electron chi connectivity index (χ1n) is 8.97. The van der Waals surface area contributed by atoms with Crippen molar-refractivity contribution in [2.75, 3.05) is 0 Å². The molecular formula is C19H20BrN5O2. The third-order valence-electron chi connectivity index (χ3n) is 4.58. The highest BCUT2D eigenvalue weighted by Crippen LogP contribution is 2.38. The largest absolute Gasteiger partial charge is 0.339 e. The zero-order valence-corrected chi connectivity index (χ0v) is 16.7. The molecular weight excluding hydrogens is 410 g/mol. The Kier molecular flexibility index (Phi) is 4.82. The van der Waals surface area contributed by atoms with E-state index in [1.807, 2.05) is 38.1 Å². The third kappa shape index (κ3) is 3.95. The number of halogens is 1. The maximum atomic E-state index is 12.7. The van der Waals surface area contributed by atoms with Crippen LogP contribution in [0.3, 0.4) is 0 Å². The highest BCUT2D eigenvalue weighted by molar-refractivity contribution is 9.10. The van der Waals surface area contributed by atoms with Gasteiger partial charge in [0.25, 0.3) is 5.91 Å². The highest BCUT2D eigenvalue weighted by Gasteiger charge is 2.32. The van der Waals surface area contributed by atoms with Crippen LogP contribution in [0.15, 0.2) is 39.3 Å². The minimum Gasteiger partial charge on any atom is -0.339 e. The summed E-state index contributed by atoms with van der Waals surface area (Å²) in [6, 6.07) is 9.14. The summed E-state index contributed by atoms with van der Waals surface area (Å²) in [7, 11) is 0. The molecule has 1 fully saturated rings. The summed E-state index contributed by atoms with van der Waals surface area (Å²) in [6.07, 6.45) is 2.20. The average Bonchev–Trinajstić information content (AvgIpc) is 3.18. The number of amides is 1. The molecule has 3 aromatic rings. The van der Waals surface area contributed by atoms with Crippen LogP contribution in [0, 0.1) is 5.92 Å². The molecule has 27 heavy (non-hydrogen) atoms. The van der Waals surface area contributed by atoms with E-state index in [1.165, 1.54) is 0 Å². The van der Waals surface area contributed by atoms with Crippen LogP contribution in [0.2, 0.25) is 0 Å². The molecule has 0 saturated heterocycles. The van der Waals surface area contributed by atoms with Crippen LogP contribution in [-0.2, 0) is 0 Å². The molecule has 0 aliphatic heterocycles. The molecule has 2 N–H and O–H groups in total. The number of carbonyl (C=O) groups excluding carboxylic acids is 1. The van der Waals surface area contributed by atoms with E-state index in [0.717, 1.165) is 28.7 Å². The van der Waals surface area contributed by atoms with Crippen molar-refractivity contribution in [2.24, 2.45) is 5.92 Å². The Morgan fingerprint density at radius 2 is 2.04 bits per heavy atom. The van der Waals surface area contributed by atoms with Gasteiger partial charge in [-0.05, 0) is 37.0 Å². The van der Waals surface area contributed by atoms with Crippen LogP contribution in [-0.4, -0.2) is 26.2 Å². The maximum Gasteiger partial charge on any atom is 0.269 e. The van der Waals surface area contributed by atoms with E-state index in [1.54, 1.807) is 6.07 Å². The molecule has 1 saturated carbocycles. The lowest BCUT2D eigenvalue weighted by molar-refractivity contribution is 0.0909. The van der Waals surface area contributed by atoms with Crippen molar-refractivity contribution in [2.45, 2.75) is 38.6 Å². The van der Waals surface area contributed by atoms with Crippen molar-refractivity contribution in [1.29, 1.82) is 0 Å². The predicted octanol–water partition coefficient (Wildman–Crippen LogP) is 4.23. The standard InChI is InChI=1S/C19H20BrN5O2/c1-10(2)16(19-22-17(25-27-19)12-3-4-12)21-18(26)15-9-14(23-24-15)11-5-7-13(20)8-6-11/h5-10,12,16H,3-4H2,1-2H3,(H,21,26)(H,23,24). The molecule has 2 heterocycles. The summed E-state index contributed by atoms with van der Waals surface area (Å²) >= 11 is 3.41. The molecule has 1 aliphatic rings. The van der Waals surface area contributed by atoms with E-state index in [2.05, 4.69) is 41.6 Å². The topological polar surface area (TPSA) is 96.7 Å². The number of aromatic amines is 1. The number of hydrogen-bond acceptors (Lipinski definition) is 5. The van der Waals surface area contributed by atoms with Crippen molar-refractivity contribution >= 4 is 21.8 Å². The molecule has 0 bridgehead atoms. The molecule has 0 radical (unpaired) electrons. The second kappa shape index (κ2) is 7.26. The Labute approximate surface area is 165 Å². The molecule has 0 spiro atoms. The summed E-state index contributed by atoms with van der Waals surface area (Å²) in [5.41, 5.74) is 2.03. The van der Waals surface area contributed by atoms with E-state index in [0.29, 0.717) is 23.2 Å². The fraction of sp³-hybridized carbons (Fsp3) is 0.368. The fourth-order valence-electron chi connectivity index (χ4n) is 2.82. The summed E-state index contributed by atoms with van der Waals surface area (Å²) in [6.45, 7) is 4.01. The van der Waals surface area contributed by atoms with Crippen LogP contribution in [0.1, 0.15) is 60.9 Å². The molecule has 8 heteroatoms. The van der Waals surface area contributed by atoms with E-state index in [9.17, 15) is 4.79 Å². The van der Waals surface area contributed by atoms with Gasteiger partial charge in [-0.3, -0.25) is 9.89 Å². The predicted molar refractivity (Wildman–Crippen MR) is 103 cm³/mol. The minimum atomic E-state index is -0.350. The number of H-pyrrole nitrogens is 1. The van der Waals surface area contributed by atoms with Crippen LogP contribution < -0.4 is 5.32 Å². The Morgan fingerprint density at radius 3 is 2.70 bits per heavy atom. The quantitative estimate of drug-likeness (QED) is 0.610. The van der Waals surface area contributed by atoms with Crippen LogP contribution in [0.25, 0.3) is 11.3 Å². The second-order valence-electron chi connectivity index (χ2n) is 7.13. The van der Waals surface area contributed by atoms with Gasteiger partial charge in [0.2, 0.25) is 5.89 Å². The zero-order valence-electron chi connectivity index (χ0n) is 15.1. The lowest BCUT2D eigenvalue weighted by atomic mass is 10.0. The van der Waals surface area contributed by atoms with Gasteiger partial charge in [-0.25, -0.2) is 0 Å². The van der Waals surface area contributed by atoms with Crippen LogP contribution >= 0.6 is 15.9 Å². The molecule has 4 rings (SSSR count). The lowest BCUT2D eigenvalue weighted by Crippen LogP contribution is -2.32. The van der Waals surface area contributed by atoms with Gasteiger partial charge in [-0.15, -0.1) is 0 Å². The molecule has 7 nitrogen and oxygen atoms in total. The van der Waals surface area contributed by atoms with Gasteiger partial charge in [0.15, 0.2) is 5.82 Å². The SMILES string of the molecule is CC(C)C(NC(=O)c1cc(-c2ccc(Br)cc2)n[nH]1)c1nc(C2CC2)no1. The van der Waals surface area contributed by atoms with Gasteiger partial charge in [-0.2, -0.15) is 10.1 Å². The van der Waals surface area contributed by atoms with Crippen molar-refractivity contribution in [3.8, 4) is 11.3 Å². The van der Waals surface area contributed by atoms with Crippen LogP contribution in [0.5, 0.6) is 0 Å². The molecule has 2 aromatic heterocycles.